The van der Waals surface area contributed by atoms with Gasteiger partial charge in [-0.25, -0.2) is 0 Å². The second kappa shape index (κ2) is 5.35. The second-order valence-electron chi connectivity index (χ2n) is 3.91. The number of methoxy groups -OCH3 is 1. The largest absolute Gasteiger partial charge is 0.381 e. The van der Waals surface area contributed by atoms with E-state index in [1.807, 2.05) is 0 Å². The highest BCUT2D eigenvalue weighted by molar-refractivity contribution is 5.56. The van der Waals surface area contributed by atoms with Gasteiger partial charge in [-0.15, -0.1) is 0 Å². The van der Waals surface area contributed by atoms with Gasteiger partial charge in [-0.2, -0.15) is 0 Å². The Balaban J connectivity index is 2.21. The van der Waals surface area contributed by atoms with Gasteiger partial charge in [0, 0.05) is 7.11 Å². The van der Waals surface area contributed by atoms with Gasteiger partial charge >= 0.3 is 0 Å². The van der Waals surface area contributed by atoms with E-state index in [4.69, 9.17) is 10.5 Å². The highest BCUT2D eigenvalue weighted by Gasteiger charge is 2.22. The van der Waals surface area contributed by atoms with Crippen molar-refractivity contribution >= 4 is 6.29 Å². The van der Waals surface area contributed by atoms with Crippen molar-refractivity contribution in [2.45, 2.75) is 44.2 Å². The van der Waals surface area contributed by atoms with E-state index in [-0.39, 0.29) is 6.04 Å². The van der Waals surface area contributed by atoms with Gasteiger partial charge in [0.25, 0.3) is 0 Å². The number of hydrogen-bond donors (Lipinski definition) is 1. The van der Waals surface area contributed by atoms with Crippen LogP contribution in [0.2, 0.25) is 0 Å². The lowest BCUT2D eigenvalue weighted by Crippen LogP contribution is -2.28. The summed E-state index contributed by atoms with van der Waals surface area (Å²) in [5.41, 5.74) is 5.57. The van der Waals surface area contributed by atoms with E-state index in [9.17, 15) is 4.79 Å². The maximum atomic E-state index is 10.3. The van der Waals surface area contributed by atoms with Crippen LogP contribution in [0.15, 0.2) is 0 Å². The molecule has 2 N–H and O–H groups in total. The summed E-state index contributed by atoms with van der Waals surface area (Å²) < 4.78 is 5.27. The summed E-state index contributed by atoms with van der Waals surface area (Å²) in [4.78, 5) is 10.3. The van der Waals surface area contributed by atoms with Crippen LogP contribution in [0.25, 0.3) is 0 Å². The van der Waals surface area contributed by atoms with E-state index in [0.29, 0.717) is 12.0 Å². The number of nitrogens with two attached hydrogens (primary N) is 1. The minimum atomic E-state index is -0.260. The van der Waals surface area contributed by atoms with Gasteiger partial charge < -0.3 is 15.3 Å². The molecule has 0 aromatic carbocycles. The summed E-state index contributed by atoms with van der Waals surface area (Å²) in [7, 11) is 1.77. The van der Waals surface area contributed by atoms with Crippen molar-refractivity contribution in [2.24, 2.45) is 11.7 Å². The van der Waals surface area contributed by atoms with Crippen molar-refractivity contribution in [1.29, 1.82) is 0 Å². The number of aldehydes is 1. The fraction of sp³-hybridized carbons (Fsp3) is 0.900. The smallest absolute Gasteiger partial charge is 0.136 e. The van der Waals surface area contributed by atoms with E-state index < -0.39 is 0 Å². The SMILES string of the molecule is COC1CCC(CC(N)C=O)CC1. The number of hydrogen-bond acceptors (Lipinski definition) is 3. The van der Waals surface area contributed by atoms with Gasteiger partial charge in [-0.05, 0) is 38.0 Å². The molecule has 1 unspecified atom stereocenters. The third-order valence-corrected chi connectivity index (χ3v) is 2.91. The molecule has 1 fully saturated rings. The first-order valence-corrected chi connectivity index (χ1v) is 5.00. The molecule has 1 saturated carbocycles. The van der Waals surface area contributed by atoms with Gasteiger partial charge in [0.05, 0.1) is 12.1 Å². The van der Waals surface area contributed by atoms with Crippen LogP contribution in [0.5, 0.6) is 0 Å². The van der Waals surface area contributed by atoms with Crippen molar-refractivity contribution < 1.29 is 9.53 Å². The normalized spacial score (nSPS) is 31.2. The maximum absolute atomic E-state index is 10.3. The Labute approximate surface area is 79.6 Å². The first-order valence-electron chi connectivity index (χ1n) is 5.00. The minimum absolute atomic E-state index is 0.260. The van der Waals surface area contributed by atoms with Crippen molar-refractivity contribution in [1.82, 2.24) is 0 Å². The third-order valence-electron chi connectivity index (χ3n) is 2.91. The van der Waals surface area contributed by atoms with E-state index in [1.54, 1.807) is 7.11 Å². The highest BCUT2D eigenvalue weighted by atomic mass is 16.5. The van der Waals surface area contributed by atoms with Gasteiger partial charge in [0.15, 0.2) is 0 Å². The molecule has 0 aliphatic heterocycles. The van der Waals surface area contributed by atoms with Crippen LogP contribution in [0.1, 0.15) is 32.1 Å². The summed E-state index contributed by atoms with van der Waals surface area (Å²) >= 11 is 0. The number of rotatable bonds is 4. The topological polar surface area (TPSA) is 52.3 Å². The van der Waals surface area contributed by atoms with E-state index in [0.717, 1.165) is 38.4 Å². The van der Waals surface area contributed by atoms with E-state index >= 15 is 0 Å². The van der Waals surface area contributed by atoms with Crippen LogP contribution in [0, 0.1) is 5.92 Å². The zero-order chi connectivity index (χ0) is 9.68. The zero-order valence-corrected chi connectivity index (χ0v) is 8.24. The lowest BCUT2D eigenvalue weighted by atomic mass is 9.84. The molecule has 0 saturated heterocycles. The molecule has 0 spiro atoms. The molecule has 0 aromatic heterocycles. The summed E-state index contributed by atoms with van der Waals surface area (Å²) in [5.74, 6) is 0.631. The molecule has 3 nitrogen and oxygen atoms in total. The zero-order valence-electron chi connectivity index (χ0n) is 8.24. The first kappa shape index (κ1) is 10.7. The van der Waals surface area contributed by atoms with Crippen LogP contribution in [-0.4, -0.2) is 25.5 Å². The second-order valence-corrected chi connectivity index (χ2v) is 3.91. The lowest BCUT2D eigenvalue weighted by molar-refractivity contribution is -0.109. The molecule has 0 bridgehead atoms. The summed E-state index contributed by atoms with van der Waals surface area (Å²) in [6, 6.07) is -0.260. The highest BCUT2D eigenvalue weighted by Crippen LogP contribution is 2.28. The standard InChI is InChI=1S/C10H19NO2/c1-13-10-4-2-8(3-5-10)6-9(11)7-12/h7-10H,2-6,11H2,1H3. The Hall–Kier alpha value is -0.410. The van der Waals surface area contributed by atoms with Crippen LogP contribution in [0.3, 0.4) is 0 Å². The molecule has 0 radical (unpaired) electrons. The van der Waals surface area contributed by atoms with Crippen LogP contribution < -0.4 is 5.73 Å². The molecule has 0 heterocycles. The fourth-order valence-electron chi connectivity index (χ4n) is 2.04. The molecule has 3 heteroatoms. The Morgan fingerprint density at radius 2 is 2.08 bits per heavy atom. The molecular weight excluding hydrogens is 166 g/mol. The molecular formula is C10H19NO2. The molecule has 0 amide bonds. The van der Waals surface area contributed by atoms with Crippen LogP contribution in [0.4, 0.5) is 0 Å². The van der Waals surface area contributed by atoms with Crippen molar-refractivity contribution in [3.63, 3.8) is 0 Å². The average molecular weight is 185 g/mol. The minimum Gasteiger partial charge on any atom is -0.381 e. The number of ether oxygens (including phenoxy) is 1. The third kappa shape index (κ3) is 3.44. The van der Waals surface area contributed by atoms with Gasteiger partial charge in [-0.1, -0.05) is 0 Å². The van der Waals surface area contributed by atoms with Crippen molar-refractivity contribution in [2.75, 3.05) is 7.11 Å². The predicted octanol–water partition coefficient (Wildman–Crippen LogP) is 1.11. The average Bonchev–Trinajstić information content (AvgIpc) is 2.19. The van der Waals surface area contributed by atoms with E-state index in [1.165, 1.54) is 0 Å². The Bertz CT molecular complexity index is 153. The molecule has 1 aliphatic rings. The Morgan fingerprint density at radius 1 is 1.46 bits per heavy atom. The molecule has 76 valence electrons. The number of carbonyl (C=O) groups is 1. The summed E-state index contributed by atoms with van der Waals surface area (Å²) in [5, 5.41) is 0. The van der Waals surface area contributed by atoms with Gasteiger partial charge in [0.1, 0.15) is 6.29 Å². The van der Waals surface area contributed by atoms with Crippen LogP contribution in [-0.2, 0) is 9.53 Å². The van der Waals surface area contributed by atoms with Gasteiger partial charge in [-0.3, -0.25) is 0 Å². The summed E-state index contributed by atoms with van der Waals surface area (Å²) in [6.45, 7) is 0. The van der Waals surface area contributed by atoms with E-state index in [2.05, 4.69) is 0 Å². The first-order chi connectivity index (χ1) is 6.26. The lowest BCUT2D eigenvalue weighted by Gasteiger charge is -2.28. The molecule has 0 aromatic rings. The van der Waals surface area contributed by atoms with Crippen molar-refractivity contribution in [3.8, 4) is 0 Å². The molecule has 1 aliphatic carbocycles. The molecule has 1 rings (SSSR count). The number of carbonyl (C=O) groups excluding carboxylic acids is 1. The Morgan fingerprint density at radius 3 is 2.54 bits per heavy atom. The Kier molecular flexibility index (Phi) is 4.39. The quantitative estimate of drug-likeness (QED) is 0.667. The summed E-state index contributed by atoms with van der Waals surface area (Å²) in [6.07, 6.45) is 6.67. The predicted molar refractivity (Wildman–Crippen MR) is 51.4 cm³/mol. The molecule has 13 heavy (non-hydrogen) atoms. The van der Waals surface area contributed by atoms with Crippen LogP contribution >= 0.6 is 0 Å². The maximum Gasteiger partial charge on any atom is 0.136 e. The van der Waals surface area contributed by atoms with Crippen molar-refractivity contribution in [3.05, 3.63) is 0 Å². The molecule has 1 atom stereocenters. The van der Waals surface area contributed by atoms with Gasteiger partial charge in [0.2, 0.25) is 0 Å². The fourth-order valence-corrected chi connectivity index (χ4v) is 2.04. The monoisotopic (exact) mass is 185 g/mol.